The Hall–Kier alpha value is -0.980. The molecule has 1 aromatic rings. The van der Waals surface area contributed by atoms with Gasteiger partial charge in [0.1, 0.15) is 11.5 Å². The van der Waals surface area contributed by atoms with Gasteiger partial charge in [-0.05, 0) is 69.9 Å². The van der Waals surface area contributed by atoms with Gasteiger partial charge in [0.15, 0.2) is 0 Å². The minimum Gasteiger partial charge on any atom is -0.427 e. The van der Waals surface area contributed by atoms with Crippen LogP contribution < -0.4 is 4.74 Å². The smallest absolute Gasteiger partial charge is 0.311 e. The molecule has 0 aromatic heterocycles. The summed E-state index contributed by atoms with van der Waals surface area (Å²) in [6, 6.07) is 7.68. The van der Waals surface area contributed by atoms with Crippen LogP contribution >= 0.6 is 21.6 Å². The maximum atomic E-state index is 12.9. The van der Waals surface area contributed by atoms with Crippen molar-refractivity contribution in [3.63, 3.8) is 0 Å². The maximum absolute atomic E-state index is 12.9. The first-order valence-electron chi connectivity index (χ1n) is 10.8. The van der Waals surface area contributed by atoms with Gasteiger partial charge in [-0.3, -0.25) is 9.59 Å². The lowest BCUT2D eigenvalue weighted by Crippen LogP contribution is -2.46. The molecule has 2 saturated heterocycles. The molecule has 0 N–H and O–H groups in total. The van der Waals surface area contributed by atoms with E-state index in [2.05, 4.69) is 11.9 Å². The monoisotopic (exact) mass is 435 g/mol. The molecule has 2 heterocycles. The fourth-order valence-electron chi connectivity index (χ4n) is 4.31. The van der Waals surface area contributed by atoms with Crippen LogP contribution in [-0.4, -0.2) is 47.8 Å². The Bertz CT molecular complexity index is 695. The van der Waals surface area contributed by atoms with E-state index in [4.69, 9.17) is 4.74 Å². The molecule has 0 spiro atoms. The lowest BCUT2D eigenvalue weighted by atomic mass is 9.69. The van der Waals surface area contributed by atoms with E-state index in [0.717, 1.165) is 49.6 Å². The van der Waals surface area contributed by atoms with E-state index in [1.165, 1.54) is 18.6 Å². The molecule has 1 atom stereocenters. The average molecular weight is 436 g/mol. The van der Waals surface area contributed by atoms with Crippen LogP contribution in [0.1, 0.15) is 63.9 Å². The summed E-state index contributed by atoms with van der Waals surface area (Å²) in [5.41, 5.74) is 0.555. The number of esters is 1. The normalized spacial score (nSPS) is 21.8. The molecule has 0 aliphatic carbocycles. The summed E-state index contributed by atoms with van der Waals surface area (Å²) >= 11 is 0. The van der Waals surface area contributed by atoms with Gasteiger partial charge in [-0.2, -0.15) is 0 Å². The molecule has 0 radical (unpaired) electrons. The quantitative estimate of drug-likeness (QED) is 0.228. The fraction of sp³-hybridized carbons (Fsp3) is 0.652. The Morgan fingerprint density at radius 2 is 2.03 bits per heavy atom. The predicted molar refractivity (Wildman–Crippen MR) is 123 cm³/mol. The predicted octanol–water partition coefficient (Wildman–Crippen LogP) is 5.25. The van der Waals surface area contributed by atoms with E-state index in [0.29, 0.717) is 18.6 Å². The van der Waals surface area contributed by atoms with Crippen LogP contribution in [0.5, 0.6) is 5.75 Å². The van der Waals surface area contributed by atoms with Crippen LogP contribution in [0.4, 0.5) is 0 Å². The highest BCUT2D eigenvalue weighted by Gasteiger charge is 2.41. The number of unbranched alkanes of at least 4 members (excludes halogenated alkanes) is 1. The number of Topliss-reactive ketones (excluding diaryl/α,β-unsaturated/α-hetero) is 1. The van der Waals surface area contributed by atoms with Crippen molar-refractivity contribution in [1.29, 1.82) is 0 Å². The maximum Gasteiger partial charge on any atom is 0.311 e. The number of hydrogen-bond acceptors (Lipinski definition) is 6. The molecule has 2 fully saturated rings. The number of hydrogen-bond donors (Lipinski definition) is 0. The van der Waals surface area contributed by atoms with Gasteiger partial charge in [-0.15, -0.1) is 0 Å². The van der Waals surface area contributed by atoms with Crippen LogP contribution in [0.15, 0.2) is 24.3 Å². The van der Waals surface area contributed by atoms with E-state index in [-0.39, 0.29) is 11.8 Å². The Morgan fingerprint density at radius 1 is 1.24 bits per heavy atom. The molecule has 3 rings (SSSR count). The largest absolute Gasteiger partial charge is 0.427 e. The molecule has 160 valence electrons. The van der Waals surface area contributed by atoms with Crippen molar-refractivity contribution in [1.82, 2.24) is 4.90 Å². The zero-order chi connectivity index (χ0) is 20.7. The lowest BCUT2D eigenvalue weighted by molar-refractivity contribution is -0.134. The van der Waals surface area contributed by atoms with Crippen molar-refractivity contribution in [3.8, 4) is 5.75 Å². The van der Waals surface area contributed by atoms with E-state index >= 15 is 0 Å². The van der Waals surface area contributed by atoms with E-state index in [1.807, 2.05) is 52.8 Å². The van der Waals surface area contributed by atoms with Crippen molar-refractivity contribution in [2.45, 2.75) is 69.0 Å². The average Bonchev–Trinajstić information content (AvgIpc) is 3.25. The molecule has 6 heteroatoms. The fourth-order valence-corrected chi connectivity index (χ4v) is 7.34. The first-order valence-corrected chi connectivity index (χ1v) is 13.2. The number of likely N-dealkylation sites (tertiary alicyclic amines) is 1. The molecule has 0 bridgehead atoms. The summed E-state index contributed by atoms with van der Waals surface area (Å²) in [5, 5.41) is 0.759. The van der Waals surface area contributed by atoms with Gasteiger partial charge in [0.25, 0.3) is 0 Å². The first-order chi connectivity index (χ1) is 14.0. The third kappa shape index (κ3) is 6.02. The van der Waals surface area contributed by atoms with Crippen LogP contribution in [0.3, 0.4) is 0 Å². The second kappa shape index (κ2) is 10.9. The number of ketones is 1. The number of carbonyl (C=O) groups excluding carboxylic acids is 2. The highest BCUT2D eigenvalue weighted by Crippen LogP contribution is 2.40. The number of piperidine rings is 1. The van der Waals surface area contributed by atoms with Crippen LogP contribution in [0, 0.1) is 0 Å². The van der Waals surface area contributed by atoms with Crippen molar-refractivity contribution in [2.24, 2.45) is 0 Å². The molecule has 2 aliphatic heterocycles. The van der Waals surface area contributed by atoms with Gasteiger partial charge in [-0.1, -0.05) is 47.1 Å². The zero-order valence-corrected chi connectivity index (χ0v) is 19.3. The van der Waals surface area contributed by atoms with Gasteiger partial charge in [-0.25, -0.2) is 0 Å². The van der Waals surface area contributed by atoms with Crippen LogP contribution in [0.25, 0.3) is 0 Å². The molecular formula is C23H33NO3S2. The number of ether oxygens (including phenoxy) is 1. The van der Waals surface area contributed by atoms with Gasteiger partial charge >= 0.3 is 5.97 Å². The number of carbonyl (C=O) groups is 2. The minimum atomic E-state index is -0.444. The third-order valence-corrected chi connectivity index (χ3v) is 9.20. The summed E-state index contributed by atoms with van der Waals surface area (Å²) in [6.07, 6.45) is 7.08. The molecule has 1 aromatic carbocycles. The van der Waals surface area contributed by atoms with Crippen molar-refractivity contribution in [2.75, 3.05) is 25.9 Å². The second-order valence-electron chi connectivity index (χ2n) is 8.24. The second-order valence-corrected chi connectivity index (χ2v) is 11.0. The molecule has 2 aliphatic rings. The Morgan fingerprint density at radius 3 is 2.72 bits per heavy atom. The van der Waals surface area contributed by atoms with Crippen molar-refractivity contribution >= 4 is 33.3 Å². The molecule has 0 saturated carbocycles. The summed E-state index contributed by atoms with van der Waals surface area (Å²) in [6.45, 7) is 3.76. The molecular weight excluding hydrogens is 402 g/mol. The Labute approximate surface area is 182 Å². The first kappa shape index (κ1) is 22.7. The number of nitrogens with zero attached hydrogens (tertiary/aromatic N) is 1. The van der Waals surface area contributed by atoms with Gasteiger partial charge in [0.05, 0.1) is 5.41 Å². The number of rotatable bonds is 9. The highest BCUT2D eigenvalue weighted by atomic mass is 33.1. The standard InChI is InChI=1S/C23H33NO3S2/c1-3-21(25)23(12-14-24(2)15-13-23)18-7-6-8-19(17-18)27-22(26)10-5-4-9-20-11-16-28-29-20/h6-8,17,20H,3-5,9-16H2,1-2H3. The third-order valence-electron chi connectivity index (χ3n) is 6.20. The van der Waals surface area contributed by atoms with E-state index < -0.39 is 5.41 Å². The highest BCUT2D eigenvalue weighted by molar-refractivity contribution is 8.77. The zero-order valence-electron chi connectivity index (χ0n) is 17.7. The topological polar surface area (TPSA) is 46.6 Å². The molecule has 0 amide bonds. The summed E-state index contributed by atoms with van der Waals surface area (Å²) < 4.78 is 5.63. The van der Waals surface area contributed by atoms with Gasteiger partial charge in [0, 0.05) is 23.8 Å². The molecule has 4 nitrogen and oxygen atoms in total. The lowest BCUT2D eigenvalue weighted by Gasteiger charge is -2.40. The number of benzene rings is 1. The Balaban J connectivity index is 1.57. The van der Waals surface area contributed by atoms with E-state index in [9.17, 15) is 9.59 Å². The van der Waals surface area contributed by atoms with Crippen LogP contribution in [-0.2, 0) is 15.0 Å². The summed E-state index contributed by atoms with van der Waals surface area (Å²) in [5.74, 6) is 1.94. The van der Waals surface area contributed by atoms with E-state index in [1.54, 1.807) is 0 Å². The van der Waals surface area contributed by atoms with Crippen LogP contribution in [0.2, 0.25) is 0 Å². The summed E-state index contributed by atoms with van der Waals surface area (Å²) in [4.78, 5) is 27.5. The van der Waals surface area contributed by atoms with Gasteiger partial charge in [0.2, 0.25) is 0 Å². The Kier molecular flexibility index (Phi) is 8.51. The minimum absolute atomic E-state index is 0.171. The molecule has 29 heavy (non-hydrogen) atoms. The van der Waals surface area contributed by atoms with Crippen molar-refractivity contribution < 1.29 is 14.3 Å². The summed E-state index contributed by atoms with van der Waals surface area (Å²) in [7, 11) is 6.06. The van der Waals surface area contributed by atoms with Crippen molar-refractivity contribution in [3.05, 3.63) is 29.8 Å². The SMILES string of the molecule is CCC(=O)C1(c2cccc(OC(=O)CCCCC3CCSS3)c2)CCN(C)CC1. The van der Waals surface area contributed by atoms with Gasteiger partial charge < -0.3 is 9.64 Å². The molecule has 1 unspecified atom stereocenters.